The third-order valence-electron chi connectivity index (χ3n) is 2.89. The van der Waals surface area contributed by atoms with Crippen LogP contribution >= 0.6 is 0 Å². The van der Waals surface area contributed by atoms with Crippen LogP contribution in [-0.4, -0.2) is 0 Å². The Labute approximate surface area is 109 Å². The van der Waals surface area contributed by atoms with Gasteiger partial charge in [0.1, 0.15) is 0 Å². The lowest BCUT2D eigenvalue weighted by molar-refractivity contribution is 0.577. The van der Waals surface area contributed by atoms with Crippen molar-refractivity contribution < 1.29 is 0 Å². The summed E-state index contributed by atoms with van der Waals surface area (Å²) >= 11 is 0. The SMILES string of the molecule is CC=CC=CC=CCCCCCCCCCC. The second kappa shape index (κ2) is 15.2. The van der Waals surface area contributed by atoms with E-state index in [0.717, 1.165) is 0 Å². The third kappa shape index (κ3) is 15.2. The molecule has 0 aliphatic heterocycles. The Morgan fingerprint density at radius 2 is 1.24 bits per heavy atom. The van der Waals surface area contributed by atoms with Crippen molar-refractivity contribution in [3.05, 3.63) is 36.5 Å². The fourth-order valence-corrected chi connectivity index (χ4v) is 1.81. The van der Waals surface area contributed by atoms with Crippen LogP contribution in [0.25, 0.3) is 0 Å². The van der Waals surface area contributed by atoms with E-state index >= 15 is 0 Å². The number of rotatable bonds is 11. The zero-order valence-electron chi connectivity index (χ0n) is 11.8. The number of hydrogen-bond donors (Lipinski definition) is 0. The minimum atomic E-state index is 1.23. The Morgan fingerprint density at radius 3 is 1.88 bits per heavy atom. The summed E-state index contributed by atoms with van der Waals surface area (Å²) < 4.78 is 0. The summed E-state index contributed by atoms with van der Waals surface area (Å²) in [6, 6.07) is 0. The van der Waals surface area contributed by atoms with E-state index in [0.29, 0.717) is 0 Å². The van der Waals surface area contributed by atoms with Crippen molar-refractivity contribution in [3.63, 3.8) is 0 Å². The molecule has 0 nitrogen and oxygen atoms in total. The first-order valence-electron chi connectivity index (χ1n) is 7.36. The van der Waals surface area contributed by atoms with Gasteiger partial charge in [-0.2, -0.15) is 0 Å². The maximum absolute atomic E-state index is 2.27. The average molecular weight is 234 g/mol. The van der Waals surface area contributed by atoms with Crippen LogP contribution in [-0.2, 0) is 0 Å². The molecule has 0 aromatic carbocycles. The van der Waals surface area contributed by atoms with E-state index in [1.165, 1.54) is 57.8 Å². The van der Waals surface area contributed by atoms with Crippen LogP contribution in [0.5, 0.6) is 0 Å². The highest BCUT2D eigenvalue weighted by Gasteiger charge is 1.89. The Bertz CT molecular complexity index is 208. The first-order valence-corrected chi connectivity index (χ1v) is 7.36. The highest BCUT2D eigenvalue weighted by molar-refractivity contribution is 5.10. The molecule has 0 saturated carbocycles. The van der Waals surface area contributed by atoms with Crippen molar-refractivity contribution in [2.24, 2.45) is 0 Å². The Morgan fingerprint density at radius 1 is 0.647 bits per heavy atom. The first kappa shape index (κ1) is 16.2. The van der Waals surface area contributed by atoms with Gasteiger partial charge in [0.05, 0.1) is 0 Å². The molecule has 0 rings (SSSR count). The van der Waals surface area contributed by atoms with E-state index < -0.39 is 0 Å². The summed E-state index contributed by atoms with van der Waals surface area (Å²) in [5, 5.41) is 0. The maximum Gasteiger partial charge on any atom is -0.0348 e. The van der Waals surface area contributed by atoms with Gasteiger partial charge in [0, 0.05) is 0 Å². The molecule has 0 fully saturated rings. The van der Waals surface area contributed by atoms with E-state index in [4.69, 9.17) is 0 Å². The van der Waals surface area contributed by atoms with E-state index in [-0.39, 0.29) is 0 Å². The quantitative estimate of drug-likeness (QED) is 0.295. The predicted octanol–water partition coefficient (Wildman–Crippen LogP) is 6.21. The van der Waals surface area contributed by atoms with Gasteiger partial charge in [-0.3, -0.25) is 0 Å². The van der Waals surface area contributed by atoms with E-state index in [2.05, 4.69) is 37.3 Å². The van der Waals surface area contributed by atoms with Crippen molar-refractivity contribution in [2.75, 3.05) is 0 Å². The molecule has 0 radical (unpaired) electrons. The summed E-state index contributed by atoms with van der Waals surface area (Å²) in [6.07, 6.45) is 25.2. The van der Waals surface area contributed by atoms with E-state index in [9.17, 15) is 0 Å². The minimum Gasteiger partial charge on any atom is -0.0877 e. The molecule has 17 heavy (non-hydrogen) atoms. The average Bonchev–Trinajstić information content (AvgIpc) is 2.35. The van der Waals surface area contributed by atoms with Gasteiger partial charge < -0.3 is 0 Å². The van der Waals surface area contributed by atoms with Crippen molar-refractivity contribution in [2.45, 2.75) is 71.6 Å². The third-order valence-corrected chi connectivity index (χ3v) is 2.89. The fraction of sp³-hybridized carbons (Fsp3) is 0.647. The van der Waals surface area contributed by atoms with Crippen molar-refractivity contribution in [1.82, 2.24) is 0 Å². The van der Waals surface area contributed by atoms with Crippen LogP contribution in [0.4, 0.5) is 0 Å². The lowest BCUT2D eigenvalue weighted by atomic mass is 10.1. The molecule has 0 heteroatoms. The van der Waals surface area contributed by atoms with Crippen LogP contribution in [0.1, 0.15) is 71.6 Å². The molecule has 98 valence electrons. The molecule has 0 saturated heterocycles. The molecular weight excluding hydrogens is 204 g/mol. The predicted molar refractivity (Wildman–Crippen MR) is 80.3 cm³/mol. The number of unbranched alkanes of at least 4 members (excludes halogenated alkanes) is 8. The molecule has 0 aromatic heterocycles. The molecular formula is C17H30. The van der Waals surface area contributed by atoms with Gasteiger partial charge >= 0.3 is 0 Å². The molecule has 0 N–H and O–H groups in total. The van der Waals surface area contributed by atoms with Gasteiger partial charge in [0.15, 0.2) is 0 Å². The van der Waals surface area contributed by atoms with Crippen LogP contribution in [0, 0.1) is 0 Å². The van der Waals surface area contributed by atoms with Crippen LogP contribution in [0.2, 0.25) is 0 Å². The van der Waals surface area contributed by atoms with Gasteiger partial charge in [0.2, 0.25) is 0 Å². The molecule has 0 unspecified atom stereocenters. The topological polar surface area (TPSA) is 0 Å². The smallest absolute Gasteiger partial charge is 0.0348 e. The second-order valence-electron chi connectivity index (χ2n) is 4.60. The summed E-state index contributed by atoms with van der Waals surface area (Å²) in [7, 11) is 0. The first-order chi connectivity index (χ1) is 8.41. The van der Waals surface area contributed by atoms with E-state index in [1.54, 1.807) is 0 Å². The lowest BCUT2D eigenvalue weighted by Crippen LogP contribution is -1.79. The molecule has 0 spiro atoms. The van der Waals surface area contributed by atoms with Gasteiger partial charge in [-0.15, -0.1) is 0 Å². The zero-order chi connectivity index (χ0) is 12.6. The summed E-state index contributed by atoms with van der Waals surface area (Å²) in [4.78, 5) is 0. The van der Waals surface area contributed by atoms with Crippen LogP contribution in [0.15, 0.2) is 36.5 Å². The monoisotopic (exact) mass is 234 g/mol. The minimum absolute atomic E-state index is 1.23. The highest BCUT2D eigenvalue weighted by atomic mass is 14.0. The molecule has 0 aliphatic rings. The van der Waals surface area contributed by atoms with Crippen molar-refractivity contribution >= 4 is 0 Å². The van der Waals surface area contributed by atoms with Gasteiger partial charge in [-0.05, 0) is 19.8 Å². The van der Waals surface area contributed by atoms with Crippen LogP contribution < -0.4 is 0 Å². The van der Waals surface area contributed by atoms with Crippen molar-refractivity contribution in [1.29, 1.82) is 0 Å². The summed E-state index contributed by atoms with van der Waals surface area (Å²) in [5.41, 5.74) is 0. The highest BCUT2D eigenvalue weighted by Crippen LogP contribution is 2.09. The second-order valence-corrected chi connectivity index (χ2v) is 4.60. The van der Waals surface area contributed by atoms with Gasteiger partial charge in [-0.1, -0.05) is 88.3 Å². The maximum atomic E-state index is 2.27. The van der Waals surface area contributed by atoms with Crippen LogP contribution in [0.3, 0.4) is 0 Å². The molecule has 0 bridgehead atoms. The summed E-state index contributed by atoms with van der Waals surface area (Å²) in [5.74, 6) is 0. The Balaban J connectivity index is 3.12. The van der Waals surface area contributed by atoms with E-state index in [1.807, 2.05) is 13.0 Å². The molecule has 0 atom stereocenters. The molecule has 0 heterocycles. The molecule has 0 aromatic rings. The van der Waals surface area contributed by atoms with Gasteiger partial charge in [-0.25, -0.2) is 0 Å². The normalized spacial score (nSPS) is 12.4. The standard InChI is InChI=1S/C17H30/c1-3-5-7-9-11-13-15-17-16-14-12-10-8-6-4-2/h3,5,7,9,11,13H,4,6,8,10,12,14-17H2,1-2H3. The Kier molecular flexibility index (Phi) is 14.5. The fourth-order valence-electron chi connectivity index (χ4n) is 1.81. The molecule has 0 amide bonds. The number of hydrogen-bond acceptors (Lipinski definition) is 0. The molecule has 0 aliphatic carbocycles. The van der Waals surface area contributed by atoms with Gasteiger partial charge in [0.25, 0.3) is 0 Å². The number of allylic oxidation sites excluding steroid dienone is 6. The lowest BCUT2D eigenvalue weighted by Gasteiger charge is -1.99. The zero-order valence-corrected chi connectivity index (χ0v) is 11.8. The largest absolute Gasteiger partial charge is 0.0877 e. The summed E-state index contributed by atoms with van der Waals surface area (Å²) in [6.45, 7) is 4.31. The van der Waals surface area contributed by atoms with Crippen molar-refractivity contribution in [3.8, 4) is 0 Å². The Hall–Kier alpha value is -0.780.